The van der Waals surface area contributed by atoms with Crippen molar-refractivity contribution in [1.82, 2.24) is 25.6 Å². The van der Waals surface area contributed by atoms with Crippen LogP contribution in [0.3, 0.4) is 0 Å². The molecule has 10 N–H and O–H groups in total. The molecule has 0 unspecified atom stereocenters. The fourth-order valence-electron chi connectivity index (χ4n) is 9.14. The van der Waals surface area contributed by atoms with Gasteiger partial charge in [0.05, 0.1) is 17.1 Å². The van der Waals surface area contributed by atoms with Gasteiger partial charge in [0, 0.05) is 42.7 Å². The number of guanidine groups is 1. The standard InChI is InChI=1S/C38H49N9O9S/c39-37(40)45-27-15-25(14-26(16-27)44-31(48)8-9-41-36(54)38-17-22-11-23(18-38)13-24(12-22)19-38)33(50)43-21-32(49)42-20-29(35(52)53)46-34(51)30-7-4-10-47(30)57(55,56)28-5-2-1-3-6-28/h1-3,5-6,14-16,22-24,29-30H,4,7-13,17-21H2,(H,41,54)(H,42,49)(H,43,50)(H,44,48)(H,46,51)(H,52,53)(H4,39,40,45)/t22?,23?,24?,29-,30-,38?/m0/s1. The number of aliphatic imine (C=N–C) groups is 1. The number of anilines is 1. The molecule has 19 heteroatoms. The Kier molecular flexibility index (Phi) is 12.5. The number of nitrogens with one attached hydrogen (secondary N) is 5. The van der Waals surface area contributed by atoms with Crippen LogP contribution in [0.1, 0.15) is 68.1 Å². The molecule has 0 spiro atoms. The van der Waals surface area contributed by atoms with Crippen molar-refractivity contribution in [2.45, 2.75) is 74.8 Å². The summed E-state index contributed by atoms with van der Waals surface area (Å²) in [6, 6.07) is 8.94. The molecule has 5 amide bonds. The Morgan fingerprint density at radius 1 is 0.895 bits per heavy atom. The van der Waals surface area contributed by atoms with Gasteiger partial charge in [0.25, 0.3) is 5.91 Å². The Balaban J connectivity index is 0.987. The minimum absolute atomic E-state index is 0.00132. The first-order chi connectivity index (χ1) is 27.1. The molecule has 4 bridgehead atoms. The molecule has 5 aliphatic rings. The molecule has 2 aromatic carbocycles. The van der Waals surface area contributed by atoms with Crippen LogP contribution >= 0.6 is 0 Å². The molecule has 4 saturated carbocycles. The summed E-state index contributed by atoms with van der Waals surface area (Å²) < 4.78 is 27.4. The molecule has 1 heterocycles. The average Bonchev–Trinajstić information content (AvgIpc) is 3.66. The summed E-state index contributed by atoms with van der Waals surface area (Å²) in [6.45, 7) is -0.938. The second-order valence-electron chi connectivity index (χ2n) is 15.5. The van der Waals surface area contributed by atoms with Gasteiger partial charge in [-0.2, -0.15) is 4.31 Å². The Hall–Kier alpha value is -5.56. The zero-order valence-electron chi connectivity index (χ0n) is 31.4. The number of amides is 5. The molecular weight excluding hydrogens is 759 g/mol. The highest BCUT2D eigenvalue weighted by molar-refractivity contribution is 7.89. The number of hydrogen-bond acceptors (Lipinski definition) is 9. The maximum absolute atomic E-state index is 13.3. The van der Waals surface area contributed by atoms with Gasteiger partial charge in [-0.15, -0.1) is 0 Å². The Morgan fingerprint density at radius 3 is 2.19 bits per heavy atom. The van der Waals surface area contributed by atoms with Crippen LogP contribution in [0.25, 0.3) is 0 Å². The van der Waals surface area contributed by atoms with Crippen LogP contribution in [0.5, 0.6) is 0 Å². The highest BCUT2D eigenvalue weighted by Gasteiger charge is 2.54. The molecule has 18 nitrogen and oxygen atoms in total. The largest absolute Gasteiger partial charge is 0.480 e. The molecule has 1 saturated heterocycles. The first-order valence-corrected chi connectivity index (χ1v) is 20.5. The molecule has 7 rings (SSSR count). The van der Waals surface area contributed by atoms with E-state index in [4.69, 9.17) is 11.5 Å². The minimum Gasteiger partial charge on any atom is -0.480 e. The van der Waals surface area contributed by atoms with Crippen LogP contribution in [0.15, 0.2) is 58.4 Å². The van der Waals surface area contributed by atoms with Gasteiger partial charge < -0.3 is 43.2 Å². The second-order valence-corrected chi connectivity index (χ2v) is 17.4. The smallest absolute Gasteiger partial charge is 0.328 e. The van der Waals surface area contributed by atoms with Crippen LogP contribution in [0.2, 0.25) is 0 Å². The predicted octanol–water partition coefficient (Wildman–Crippen LogP) is 0.521. The third-order valence-corrected chi connectivity index (χ3v) is 13.2. The highest BCUT2D eigenvalue weighted by atomic mass is 32.2. The van der Waals surface area contributed by atoms with Crippen molar-refractivity contribution in [2.24, 2.45) is 39.6 Å². The molecule has 57 heavy (non-hydrogen) atoms. The zero-order valence-corrected chi connectivity index (χ0v) is 32.2. The highest BCUT2D eigenvalue weighted by Crippen LogP contribution is 2.60. The van der Waals surface area contributed by atoms with Crippen molar-refractivity contribution in [3.8, 4) is 0 Å². The van der Waals surface area contributed by atoms with Gasteiger partial charge in [-0.1, -0.05) is 18.2 Å². The number of nitrogens with zero attached hydrogens (tertiary/aromatic N) is 2. The number of benzene rings is 2. The monoisotopic (exact) mass is 807 g/mol. The normalized spacial score (nSPS) is 24.1. The van der Waals surface area contributed by atoms with E-state index in [1.807, 2.05) is 0 Å². The van der Waals surface area contributed by atoms with Gasteiger partial charge in [0.15, 0.2) is 5.96 Å². The molecule has 2 atom stereocenters. The van der Waals surface area contributed by atoms with E-state index in [0.717, 1.165) is 23.6 Å². The van der Waals surface area contributed by atoms with E-state index in [1.165, 1.54) is 49.6 Å². The number of hydrogen-bond donors (Lipinski definition) is 8. The van der Waals surface area contributed by atoms with Crippen LogP contribution in [-0.2, 0) is 34.0 Å². The first kappa shape index (κ1) is 41.1. The van der Waals surface area contributed by atoms with E-state index in [2.05, 4.69) is 31.6 Å². The fourth-order valence-corrected chi connectivity index (χ4v) is 10.8. The number of carbonyl (C=O) groups is 6. The number of nitrogens with two attached hydrogens (primary N) is 2. The van der Waals surface area contributed by atoms with E-state index in [-0.39, 0.29) is 65.0 Å². The quantitative estimate of drug-likeness (QED) is 0.0855. The Morgan fingerprint density at radius 2 is 1.56 bits per heavy atom. The number of sulfonamides is 1. The summed E-state index contributed by atoms with van der Waals surface area (Å²) in [5, 5.41) is 22.5. The van der Waals surface area contributed by atoms with Crippen LogP contribution < -0.4 is 38.1 Å². The lowest BCUT2D eigenvalue weighted by Gasteiger charge is -2.55. The number of aliphatic carboxylic acids is 1. The average molecular weight is 808 g/mol. The maximum Gasteiger partial charge on any atom is 0.328 e. The maximum atomic E-state index is 13.3. The van der Waals surface area contributed by atoms with Gasteiger partial charge in [-0.3, -0.25) is 24.0 Å². The van der Waals surface area contributed by atoms with E-state index in [0.29, 0.717) is 24.2 Å². The van der Waals surface area contributed by atoms with E-state index >= 15 is 0 Å². The topological polar surface area (TPSA) is 285 Å². The van der Waals surface area contributed by atoms with Gasteiger partial charge in [0.2, 0.25) is 33.7 Å². The number of rotatable bonds is 16. The summed E-state index contributed by atoms with van der Waals surface area (Å²) in [5.41, 5.74) is 11.1. The van der Waals surface area contributed by atoms with E-state index < -0.39 is 64.8 Å². The molecule has 4 aliphatic carbocycles. The van der Waals surface area contributed by atoms with Crippen molar-refractivity contribution in [1.29, 1.82) is 0 Å². The van der Waals surface area contributed by atoms with Crippen molar-refractivity contribution < 1.29 is 42.3 Å². The van der Waals surface area contributed by atoms with Crippen molar-refractivity contribution in [3.05, 3.63) is 54.1 Å². The molecule has 0 radical (unpaired) electrons. The van der Waals surface area contributed by atoms with Gasteiger partial charge in [0.1, 0.15) is 12.1 Å². The third kappa shape index (κ3) is 9.88. The Labute approximate surface area is 330 Å². The summed E-state index contributed by atoms with van der Waals surface area (Å²) in [6.07, 6.45) is 6.92. The lowest BCUT2D eigenvalue weighted by Crippen LogP contribution is -2.54. The summed E-state index contributed by atoms with van der Waals surface area (Å²) in [5.74, 6) is -2.73. The molecule has 5 fully saturated rings. The molecule has 2 aromatic rings. The predicted molar refractivity (Wildman–Crippen MR) is 207 cm³/mol. The van der Waals surface area contributed by atoms with Crippen LogP contribution in [-0.4, -0.2) is 97.6 Å². The summed E-state index contributed by atoms with van der Waals surface area (Å²) >= 11 is 0. The van der Waals surface area contributed by atoms with Gasteiger partial charge in [-0.25, -0.2) is 18.2 Å². The fraction of sp³-hybridized carbons (Fsp3) is 0.500. The summed E-state index contributed by atoms with van der Waals surface area (Å²) in [7, 11) is -4.02. The van der Waals surface area contributed by atoms with Gasteiger partial charge in [-0.05, 0) is 99.5 Å². The minimum atomic E-state index is -4.02. The SMILES string of the molecule is NC(N)=Nc1cc(NC(=O)CCNC(=O)C23CC4CC(CC(C4)C2)C3)cc(C(=O)NCC(=O)NC[C@H](NC(=O)[C@@H]2CCCN2S(=O)(=O)c2ccccc2)C(=O)O)c1. The van der Waals surface area contributed by atoms with Crippen molar-refractivity contribution >= 4 is 62.9 Å². The lowest BCUT2D eigenvalue weighted by atomic mass is 9.49. The number of carboxylic acids is 1. The van der Waals surface area contributed by atoms with Crippen molar-refractivity contribution in [2.75, 3.05) is 31.5 Å². The zero-order chi connectivity index (χ0) is 40.9. The molecule has 0 aromatic heterocycles. The van der Waals surface area contributed by atoms with Crippen LogP contribution in [0, 0.1) is 23.2 Å². The van der Waals surface area contributed by atoms with E-state index in [9.17, 15) is 42.3 Å². The molecule has 306 valence electrons. The first-order valence-electron chi connectivity index (χ1n) is 19.1. The number of carbonyl (C=O) groups excluding carboxylic acids is 5. The van der Waals surface area contributed by atoms with Crippen molar-refractivity contribution in [3.63, 3.8) is 0 Å². The van der Waals surface area contributed by atoms with Gasteiger partial charge >= 0.3 is 5.97 Å². The summed E-state index contributed by atoms with van der Waals surface area (Å²) in [4.78, 5) is 81.1. The molecular formula is C38H49N9O9S. The molecule has 1 aliphatic heterocycles. The second kappa shape index (κ2) is 17.3. The van der Waals surface area contributed by atoms with Crippen LogP contribution in [0.4, 0.5) is 11.4 Å². The third-order valence-electron chi connectivity index (χ3n) is 11.3. The Bertz CT molecular complexity index is 2000. The number of carboxylic acid groups (broad SMARTS) is 1. The van der Waals surface area contributed by atoms with E-state index in [1.54, 1.807) is 18.2 Å². The lowest BCUT2D eigenvalue weighted by molar-refractivity contribution is -0.146.